The van der Waals surface area contributed by atoms with Crippen molar-refractivity contribution >= 4 is 5.95 Å². The van der Waals surface area contributed by atoms with E-state index >= 15 is 0 Å². The zero-order valence-electron chi connectivity index (χ0n) is 14.8. The monoisotopic (exact) mass is 339 g/mol. The Morgan fingerprint density at radius 1 is 1.12 bits per heavy atom. The quantitative estimate of drug-likeness (QED) is 0.834. The highest BCUT2D eigenvalue weighted by Crippen LogP contribution is 2.35. The predicted molar refractivity (Wildman–Crippen MR) is 95.8 cm³/mol. The van der Waals surface area contributed by atoms with Crippen molar-refractivity contribution in [2.45, 2.75) is 44.9 Å². The molecule has 25 heavy (non-hydrogen) atoms. The highest BCUT2D eigenvalue weighted by Gasteiger charge is 2.23. The largest absolute Gasteiger partial charge is 0.477 e. The third-order valence-electron chi connectivity index (χ3n) is 5.33. The molecule has 6 nitrogen and oxygen atoms in total. The third kappa shape index (κ3) is 3.89. The van der Waals surface area contributed by atoms with E-state index in [1.807, 2.05) is 25.3 Å². The SMILES string of the molecule is Cc1ccnc(N2CCC(COc3cc(C4CCC4)ncn3)CC2)n1. The lowest BCUT2D eigenvalue weighted by Crippen LogP contribution is -2.36. The van der Waals surface area contributed by atoms with Crippen LogP contribution in [0.4, 0.5) is 5.95 Å². The molecule has 2 fully saturated rings. The van der Waals surface area contributed by atoms with E-state index in [1.165, 1.54) is 19.3 Å². The Labute approximate surface area is 148 Å². The summed E-state index contributed by atoms with van der Waals surface area (Å²) < 4.78 is 5.96. The summed E-state index contributed by atoms with van der Waals surface area (Å²) in [6.07, 6.45) is 9.47. The summed E-state index contributed by atoms with van der Waals surface area (Å²) in [4.78, 5) is 19.8. The minimum Gasteiger partial charge on any atom is -0.477 e. The lowest BCUT2D eigenvalue weighted by Gasteiger charge is -2.31. The minimum absolute atomic E-state index is 0.558. The first-order valence-corrected chi connectivity index (χ1v) is 9.27. The van der Waals surface area contributed by atoms with Crippen molar-refractivity contribution in [3.8, 4) is 5.88 Å². The van der Waals surface area contributed by atoms with Crippen molar-refractivity contribution in [3.63, 3.8) is 0 Å². The Kier molecular flexibility index (Phi) is 4.76. The number of ether oxygens (including phenoxy) is 1. The molecular weight excluding hydrogens is 314 g/mol. The molecule has 132 valence electrons. The Balaban J connectivity index is 1.27. The molecule has 1 saturated carbocycles. The van der Waals surface area contributed by atoms with E-state index in [4.69, 9.17) is 4.74 Å². The van der Waals surface area contributed by atoms with Crippen LogP contribution in [0.5, 0.6) is 5.88 Å². The maximum absolute atomic E-state index is 5.96. The van der Waals surface area contributed by atoms with E-state index in [-0.39, 0.29) is 0 Å². The van der Waals surface area contributed by atoms with Crippen LogP contribution in [0.25, 0.3) is 0 Å². The maximum atomic E-state index is 5.96. The van der Waals surface area contributed by atoms with Gasteiger partial charge in [0.05, 0.1) is 12.3 Å². The van der Waals surface area contributed by atoms with Crippen LogP contribution in [0.15, 0.2) is 24.7 Å². The van der Waals surface area contributed by atoms with Crippen LogP contribution < -0.4 is 9.64 Å². The molecule has 0 aromatic carbocycles. The highest BCUT2D eigenvalue weighted by molar-refractivity contribution is 5.30. The molecule has 2 aromatic heterocycles. The van der Waals surface area contributed by atoms with Crippen LogP contribution in [-0.2, 0) is 0 Å². The fraction of sp³-hybridized carbons (Fsp3) is 0.579. The summed E-state index contributed by atoms with van der Waals surface area (Å²) in [7, 11) is 0. The van der Waals surface area contributed by atoms with Crippen molar-refractivity contribution in [1.82, 2.24) is 19.9 Å². The minimum atomic E-state index is 0.558. The average molecular weight is 339 g/mol. The van der Waals surface area contributed by atoms with E-state index in [0.717, 1.165) is 55.8 Å². The summed E-state index contributed by atoms with van der Waals surface area (Å²) in [6.45, 7) is 4.69. The second-order valence-corrected chi connectivity index (χ2v) is 7.15. The number of rotatable bonds is 5. The van der Waals surface area contributed by atoms with Gasteiger partial charge in [-0.3, -0.25) is 0 Å². The van der Waals surface area contributed by atoms with Crippen LogP contribution >= 0.6 is 0 Å². The summed E-state index contributed by atoms with van der Waals surface area (Å²) in [5, 5.41) is 0. The molecule has 1 aliphatic heterocycles. The summed E-state index contributed by atoms with van der Waals surface area (Å²) in [5.74, 6) is 2.74. The van der Waals surface area contributed by atoms with Crippen LogP contribution in [0, 0.1) is 12.8 Å². The maximum Gasteiger partial charge on any atom is 0.225 e. The summed E-state index contributed by atoms with van der Waals surface area (Å²) in [6, 6.07) is 3.96. The van der Waals surface area contributed by atoms with Gasteiger partial charge >= 0.3 is 0 Å². The van der Waals surface area contributed by atoms with Gasteiger partial charge in [0.25, 0.3) is 0 Å². The molecule has 0 unspecified atom stereocenters. The zero-order valence-corrected chi connectivity index (χ0v) is 14.8. The molecule has 0 N–H and O–H groups in total. The molecule has 6 heteroatoms. The Bertz CT molecular complexity index is 710. The molecule has 0 amide bonds. The summed E-state index contributed by atoms with van der Waals surface area (Å²) in [5.41, 5.74) is 2.16. The van der Waals surface area contributed by atoms with Crippen molar-refractivity contribution in [1.29, 1.82) is 0 Å². The van der Waals surface area contributed by atoms with Gasteiger partial charge in [0.15, 0.2) is 0 Å². The van der Waals surface area contributed by atoms with Crippen molar-refractivity contribution in [3.05, 3.63) is 36.0 Å². The van der Waals surface area contributed by atoms with Crippen molar-refractivity contribution in [2.75, 3.05) is 24.6 Å². The van der Waals surface area contributed by atoms with Crippen LogP contribution in [0.2, 0.25) is 0 Å². The first-order chi connectivity index (χ1) is 12.3. The normalized spacial score (nSPS) is 18.8. The number of nitrogens with zero attached hydrogens (tertiary/aromatic N) is 5. The Morgan fingerprint density at radius 3 is 2.68 bits per heavy atom. The fourth-order valence-electron chi connectivity index (χ4n) is 3.45. The van der Waals surface area contributed by atoms with Gasteiger partial charge in [0.1, 0.15) is 6.33 Å². The third-order valence-corrected chi connectivity index (χ3v) is 5.33. The van der Waals surface area contributed by atoms with E-state index in [1.54, 1.807) is 6.33 Å². The molecule has 0 spiro atoms. The van der Waals surface area contributed by atoms with Gasteiger partial charge in [0.2, 0.25) is 11.8 Å². The average Bonchev–Trinajstić information content (AvgIpc) is 2.59. The van der Waals surface area contributed by atoms with Crippen LogP contribution in [0.1, 0.15) is 49.4 Å². The van der Waals surface area contributed by atoms with Gasteiger partial charge in [-0.25, -0.2) is 19.9 Å². The van der Waals surface area contributed by atoms with Gasteiger partial charge < -0.3 is 9.64 Å². The van der Waals surface area contributed by atoms with Crippen LogP contribution in [0.3, 0.4) is 0 Å². The molecule has 0 bridgehead atoms. The van der Waals surface area contributed by atoms with E-state index in [0.29, 0.717) is 11.8 Å². The Morgan fingerprint density at radius 2 is 1.96 bits per heavy atom. The molecule has 1 aliphatic carbocycles. The number of hydrogen-bond donors (Lipinski definition) is 0. The van der Waals surface area contributed by atoms with E-state index < -0.39 is 0 Å². The second kappa shape index (κ2) is 7.33. The Hall–Kier alpha value is -2.24. The zero-order chi connectivity index (χ0) is 17.1. The molecular formula is C19H25N5O. The standard InChI is InChI=1S/C19H25N5O/c1-14-5-8-20-19(23-14)24-9-6-15(7-10-24)12-25-18-11-17(21-13-22-18)16-3-2-4-16/h5,8,11,13,15-16H,2-4,6-7,9-10,12H2,1H3. The molecule has 2 aromatic rings. The first kappa shape index (κ1) is 16.2. The topological polar surface area (TPSA) is 64.0 Å². The lowest BCUT2D eigenvalue weighted by atomic mass is 9.83. The molecule has 2 aliphatic rings. The number of aromatic nitrogens is 4. The van der Waals surface area contributed by atoms with Crippen molar-refractivity contribution < 1.29 is 4.74 Å². The predicted octanol–water partition coefficient (Wildman–Crippen LogP) is 3.14. The first-order valence-electron chi connectivity index (χ1n) is 9.27. The number of anilines is 1. The smallest absolute Gasteiger partial charge is 0.225 e. The van der Waals surface area contributed by atoms with Gasteiger partial charge in [-0.2, -0.15) is 0 Å². The lowest BCUT2D eigenvalue weighted by molar-refractivity contribution is 0.214. The number of aryl methyl sites for hydroxylation is 1. The molecule has 0 atom stereocenters. The molecule has 0 radical (unpaired) electrons. The molecule has 4 rings (SSSR count). The number of piperidine rings is 1. The van der Waals surface area contributed by atoms with Gasteiger partial charge in [-0.1, -0.05) is 6.42 Å². The van der Waals surface area contributed by atoms with Crippen molar-refractivity contribution in [2.24, 2.45) is 5.92 Å². The fourth-order valence-corrected chi connectivity index (χ4v) is 3.45. The van der Waals surface area contributed by atoms with Gasteiger partial charge in [-0.05, 0) is 44.6 Å². The molecule has 3 heterocycles. The second-order valence-electron chi connectivity index (χ2n) is 7.15. The molecule has 1 saturated heterocycles. The van der Waals surface area contributed by atoms with Gasteiger partial charge in [0, 0.05) is 37.0 Å². The summed E-state index contributed by atoms with van der Waals surface area (Å²) >= 11 is 0. The highest BCUT2D eigenvalue weighted by atomic mass is 16.5. The van der Waals surface area contributed by atoms with E-state index in [2.05, 4.69) is 24.8 Å². The van der Waals surface area contributed by atoms with E-state index in [9.17, 15) is 0 Å². The number of hydrogen-bond acceptors (Lipinski definition) is 6. The van der Waals surface area contributed by atoms with Gasteiger partial charge in [-0.15, -0.1) is 0 Å². The van der Waals surface area contributed by atoms with Crippen LogP contribution in [-0.4, -0.2) is 39.6 Å².